The van der Waals surface area contributed by atoms with Crippen LogP contribution >= 0.6 is 15.9 Å². The maximum absolute atomic E-state index is 5.44. The highest BCUT2D eigenvalue weighted by Gasteiger charge is 2.07. The van der Waals surface area contributed by atoms with Gasteiger partial charge in [-0.2, -0.15) is 9.67 Å². The van der Waals surface area contributed by atoms with Crippen molar-refractivity contribution in [3.05, 3.63) is 22.8 Å². The van der Waals surface area contributed by atoms with Gasteiger partial charge in [-0.25, -0.2) is 9.97 Å². The molecule has 0 atom stereocenters. The van der Waals surface area contributed by atoms with Gasteiger partial charge in [-0.1, -0.05) is 0 Å². The number of rotatable bonds is 1. The minimum atomic E-state index is 0.202. The summed E-state index contributed by atoms with van der Waals surface area (Å²) in [5.41, 5.74) is 6.30. The maximum atomic E-state index is 5.44. The van der Waals surface area contributed by atoms with Gasteiger partial charge >= 0.3 is 0 Å². The van der Waals surface area contributed by atoms with Crippen molar-refractivity contribution in [2.45, 2.75) is 6.92 Å². The predicted octanol–water partition coefficient (Wildman–Crippen LogP) is 0.710. The fourth-order valence-electron chi connectivity index (χ4n) is 1.01. The van der Waals surface area contributed by atoms with Crippen LogP contribution in [-0.2, 0) is 0 Å². The summed E-state index contributed by atoms with van der Waals surface area (Å²) in [7, 11) is 0. The SMILES string of the molecule is Cc1cc(-n2nc(N)nc2Br)ncn1. The second-order valence-corrected chi connectivity index (χ2v) is 3.38. The monoisotopic (exact) mass is 254 g/mol. The molecule has 14 heavy (non-hydrogen) atoms. The molecule has 0 aliphatic carbocycles. The summed E-state index contributed by atoms with van der Waals surface area (Å²) in [6, 6.07) is 1.79. The highest BCUT2D eigenvalue weighted by molar-refractivity contribution is 9.10. The second kappa shape index (κ2) is 3.33. The summed E-state index contributed by atoms with van der Waals surface area (Å²) in [5, 5.41) is 3.97. The molecule has 0 bridgehead atoms. The van der Waals surface area contributed by atoms with Crippen molar-refractivity contribution in [1.82, 2.24) is 24.7 Å². The lowest BCUT2D eigenvalue weighted by molar-refractivity contribution is 0.817. The maximum Gasteiger partial charge on any atom is 0.240 e. The van der Waals surface area contributed by atoms with Crippen molar-refractivity contribution in [2.75, 3.05) is 5.73 Å². The average molecular weight is 255 g/mol. The molecule has 2 aromatic rings. The van der Waals surface area contributed by atoms with Gasteiger partial charge in [0.2, 0.25) is 10.7 Å². The summed E-state index contributed by atoms with van der Waals surface area (Å²) in [6.45, 7) is 1.87. The van der Waals surface area contributed by atoms with E-state index in [4.69, 9.17) is 5.73 Å². The van der Waals surface area contributed by atoms with Crippen molar-refractivity contribution in [1.29, 1.82) is 0 Å². The van der Waals surface area contributed by atoms with Crippen LogP contribution in [0.2, 0.25) is 0 Å². The molecule has 0 aromatic carbocycles. The van der Waals surface area contributed by atoms with Crippen LogP contribution in [0.1, 0.15) is 5.69 Å². The molecule has 0 amide bonds. The van der Waals surface area contributed by atoms with Gasteiger partial charge in [-0.3, -0.25) is 0 Å². The lowest BCUT2D eigenvalue weighted by atomic mass is 10.4. The molecule has 2 N–H and O–H groups in total. The van der Waals surface area contributed by atoms with Crippen LogP contribution < -0.4 is 5.73 Å². The Labute approximate surface area is 88.3 Å². The third kappa shape index (κ3) is 1.58. The van der Waals surface area contributed by atoms with Crippen molar-refractivity contribution < 1.29 is 0 Å². The Hall–Kier alpha value is -1.50. The van der Waals surface area contributed by atoms with Crippen molar-refractivity contribution in [3.63, 3.8) is 0 Å². The molecule has 6 nitrogen and oxygen atoms in total. The number of aromatic nitrogens is 5. The molecule has 0 saturated heterocycles. The number of hydrogen-bond donors (Lipinski definition) is 1. The highest BCUT2D eigenvalue weighted by atomic mass is 79.9. The number of nitrogens with zero attached hydrogens (tertiary/aromatic N) is 5. The van der Waals surface area contributed by atoms with Gasteiger partial charge in [0, 0.05) is 11.8 Å². The van der Waals surface area contributed by atoms with Crippen LogP contribution in [0.5, 0.6) is 0 Å². The fraction of sp³-hybridized carbons (Fsp3) is 0.143. The van der Waals surface area contributed by atoms with Crippen molar-refractivity contribution >= 4 is 21.9 Å². The van der Waals surface area contributed by atoms with Crippen molar-refractivity contribution in [3.8, 4) is 5.82 Å². The van der Waals surface area contributed by atoms with E-state index in [1.807, 2.05) is 6.92 Å². The minimum absolute atomic E-state index is 0.202. The lowest BCUT2D eigenvalue weighted by Gasteiger charge is -1.99. The largest absolute Gasteiger partial charge is 0.366 e. The molecule has 0 radical (unpaired) electrons. The summed E-state index contributed by atoms with van der Waals surface area (Å²) in [4.78, 5) is 11.9. The molecule has 0 fully saturated rings. The Morgan fingerprint density at radius 3 is 2.79 bits per heavy atom. The van der Waals surface area contributed by atoms with Gasteiger partial charge in [0.05, 0.1) is 0 Å². The summed E-state index contributed by atoms with van der Waals surface area (Å²) >= 11 is 3.23. The van der Waals surface area contributed by atoms with Crippen LogP contribution in [-0.4, -0.2) is 24.7 Å². The molecule has 72 valence electrons. The Kier molecular flexibility index (Phi) is 2.16. The van der Waals surface area contributed by atoms with Gasteiger partial charge in [0.25, 0.3) is 0 Å². The van der Waals surface area contributed by atoms with E-state index in [0.717, 1.165) is 5.69 Å². The van der Waals surface area contributed by atoms with Gasteiger partial charge in [-0.05, 0) is 22.9 Å². The van der Waals surface area contributed by atoms with Crippen LogP contribution in [0.3, 0.4) is 0 Å². The molecular formula is C7H7BrN6. The zero-order chi connectivity index (χ0) is 10.1. The third-order valence-electron chi connectivity index (χ3n) is 1.59. The topological polar surface area (TPSA) is 82.5 Å². The first-order valence-corrected chi connectivity index (χ1v) is 4.63. The second-order valence-electron chi connectivity index (χ2n) is 2.67. The zero-order valence-corrected chi connectivity index (χ0v) is 8.93. The van der Waals surface area contributed by atoms with Crippen LogP contribution in [0.25, 0.3) is 5.82 Å². The van der Waals surface area contributed by atoms with Crippen LogP contribution in [0.4, 0.5) is 5.95 Å². The lowest BCUT2D eigenvalue weighted by Crippen LogP contribution is -2.01. The number of hydrogen-bond acceptors (Lipinski definition) is 5. The highest BCUT2D eigenvalue weighted by Crippen LogP contribution is 2.13. The Morgan fingerprint density at radius 2 is 2.21 bits per heavy atom. The van der Waals surface area contributed by atoms with Gasteiger partial charge in [0.1, 0.15) is 6.33 Å². The molecule has 7 heteroatoms. The summed E-state index contributed by atoms with van der Waals surface area (Å²) in [5.74, 6) is 0.835. The first-order valence-electron chi connectivity index (χ1n) is 3.84. The van der Waals surface area contributed by atoms with E-state index in [1.165, 1.54) is 11.0 Å². The standard InChI is InChI=1S/C7H7BrN6/c1-4-2-5(11-3-10-4)14-6(8)12-7(9)13-14/h2-3H,1H3,(H2,9,13). The van der Waals surface area contributed by atoms with E-state index in [9.17, 15) is 0 Å². The smallest absolute Gasteiger partial charge is 0.240 e. The molecular weight excluding hydrogens is 248 g/mol. The van der Waals surface area contributed by atoms with Gasteiger partial charge in [-0.15, -0.1) is 5.10 Å². The summed E-state index contributed by atoms with van der Waals surface area (Å²) < 4.78 is 2.03. The summed E-state index contributed by atoms with van der Waals surface area (Å²) in [6.07, 6.45) is 1.47. The van der Waals surface area contributed by atoms with E-state index >= 15 is 0 Å². The number of nitrogen functional groups attached to an aromatic ring is 1. The minimum Gasteiger partial charge on any atom is -0.366 e. The number of anilines is 1. The Balaban J connectivity index is 2.54. The van der Waals surface area contributed by atoms with E-state index < -0.39 is 0 Å². The quantitative estimate of drug-likeness (QED) is 0.811. The van der Waals surface area contributed by atoms with Crippen LogP contribution in [0, 0.1) is 6.92 Å². The van der Waals surface area contributed by atoms with Crippen LogP contribution in [0.15, 0.2) is 17.1 Å². The number of aryl methyl sites for hydroxylation is 1. The molecule has 0 spiro atoms. The Morgan fingerprint density at radius 1 is 1.43 bits per heavy atom. The first kappa shape index (κ1) is 9.07. The van der Waals surface area contributed by atoms with E-state index in [-0.39, 0.29) is 5.95 Å². The molecule has 2 heterocycles. The van der Waals surface area contributed by atoms with E-state index in [0.29, 0.717) is 10.6 Å². The molecule has 0 aliphatic heterocycles. The zero-order valence-electron chi connectivity index (χ0n) is 7.35. The molecule has 0 saturated carbocycles. The normalized spacial score (nSPS) is 10.4. The molecule has 2 aromatic heterocycles. The average Bonchev–Trinajstić information content (AvgIpc) is 2.45. The molecule has 0 unspecified atom stereocenters. The molecule has 2 rings (SSSR count). The number of halogens is 1. The Bertz CT molecular complexity index is 465. The predicted molar refractivity (Wildman–Crippen MR) is 53.8 cm³/mol. The number of nitrogens with two attached hydrogens (primary N) is 1. The fourth-order valence-corrected chi connectivity index (χ4v) is 1.45. The van der Waals surface area contributed by atoms with E-state index in [2.05, 4.69) is 36.0 Å². The van der Waals surface area contributed by atoms with Gasteiger partial charge in [0.15, 0.2) is 5.82 Å². The third-order valence-corrected chi connectivity index (χ3v) is 2.10. The van der Waals surface area contributed by atoms with E-state index in [1.54, 1.807) is 6.07 Å². The first-order chi connectivity index (χ1) is 6.66. The molecule has 0 aliphatic rings. The van der Waals surface area contributed by atoms with Crippen molar-refractivity contribution in [2.24, 2.45) is 0 Å². The van der Waals surface area contributed by atoms with Gasteiger partial charge < -0.3 is 5.73 Å².